The van der Waals surface area contributed by atoms with Gasteiger partial charge in [0.2, 0.25) is 5.95 Å². The highest BCUT2D eigenvalue weighted by Crippen LogP contribution is 2.34. The van der Waals surface area contributed by atoms with Gasteiger partial charge in [-0.3, -0.25) is 4.98 Å². The first-order chi connectivity index (χ1) is 9.78. The molecular weight excluding hydrogens is 250 g/mol. The number of hydrogen-bond donors (Lipinski definition) is 0. The molecule has 0 spiro atoms. The topological polar surface area (TPSA) is 65.7 Å². The van der Waals surface area contributed by atoms with Gasteiger partial charge in [0, 0.05) is 24.6 Å². The molecule has 0 aliphatic carbocycles. The molecule has 0 bridgehead atoms. The predicted molar refractivity (Wildman–Crippen MR) is 75.0 cm³/mol. The predicted octanol–water partition coefficient (Wildman–Crippen LogP) is 2.39. The Morgan fingerprint density at radius 2 is 2.30 bits per heavy atom. The summed E-state index contributed by atoms with van der Waals surface area (Å²) in [5.74, 6) is 0.646. The molecule has 1 aliphatic heterocycles. The number of pyridine rings is 1. The fraction of sp³-hybridized carbons (Fsp3) is 0.333. The molecular formula is C15H15N5. The summed E-state index contributed by atoms with van der Waals surface area (Å²) in [4.78, 5) is 15.2. The molecule has 1 atom stereocenters. The van der Waals surface area contributed by atoms with Crippen LogP contribution in [0.1, 0.15) is 35.8 Å². The van der Waals surface area contributed by atoms with Crippen molar-refractivity contribution in [2.75, 3.05) is 11.4 Å². The maximum Gasteiger partial charge on any atom is 0.227 e. The van der Waals surface area contributed by atoms with E-state index in [2.05, 4.69) is 32.0 Å². The lowest BCUT2D eigenvalue weighted by molar-refractivity contribution is 0.696. The van der Waals surface area contributed by atoms with Crippen LogP contribution in [0.4, 0.5) is 5.95 Å². The smallest absolute Gasteiger partial charge is 0.227 e. The second kappa shape index (κ2) is 5.25. The van der Waals surface area contributed by atoms with E-state index in [0.717, 1.165) is 25.1 Å². The van der Waals surface area contributed by atoms with Gasteiger partial charge in [0.1, 0.15) is 11.8 Å². The minimum absolute atomic E-state index is 0.247. The molecule has 0 radical (unpaired) electrons. The largest absolute Gasteiger partial charge is 0.334 e. The van der Waals surface area contributed by atoms with Gasteiger partial charge in [0.25, 0.3) is 0 Å². The van der Waals surface area contributed by atoms with E-state index in [0.29, 0.717) is 11.6 Å². The van der Waals surface area contributed by atoms with Crippen molar-refractivity contribution in [3.05, 3.63) is 47.5 Å². The van der Waals surface area contributed by atoms with Crippen molar-refractivity contribution in [2.24, 2.45) is 0 Å². The number of hydrogen-bond acceptors (Lipinski definition) is 5. The minimum atomic E-state index is 0.247. The number of anilines is 1. The van der Waals surface area contributed by atoms with E-state index >= 15 is 0 Å². The molecule has 3 heterocycles. The molecule has 1 unspecified atom stereocenters. The zero-order valence-electron chi connectivity index (χ0n) is 11.3. The van der Waals surface area contributed by atoms with Crippen LogP contribution in [0, 0.1) is 18.3 Å². The molecule has 20 heavy (non-hydrogen) atoms. The average Bonchev–Trinajstić information content (AvgIpc) is 2.97. The van der Waals surface area contributed by atoms with Crippen molar-refractivity contribution in [3.63, 3.8) is 0 Å². The highest BCUT2D eigenvalue weighted by molar-refractivity contribution is 5.41. The summed E-state index contributed by atoms with van der Waals surface area (Å²) < 4.78 is 0. The quantitative estimate of drug-likeness (QED) is 0.834. The molecule has 3 rings (SSSR count). The van der Waals surface area contributed by atoms with E-state index in [9.17, 15) is 0 Å². The second-order valence-electron chi connectivity index (χ2n) is 4.94. The first-order valence-corrected chi connectivity index (χ1v) is 6.70. The lowest BCUT2D eigenvalue weighted by Gasteiger charge is -2.25. The van der Waals surface area contributed by atoms with Gasteiger partial charge in [-0.1, -0.05) is 6.07 Å². The Balaban J connectivity index is 1.97. The average molecular weight is 265 g/mol. The zero-order valence-corrected chi connectivity index (χ0v) is 11.3. The fourth-order valence-electron chi connectivity index (χ4n) is 2.66. The Bertz CT molecular complexity index is 647. The molecule has 1 saturated heterocycles. The van der Waals surface area contributed by atoms with Gasteiger partial charge >= 0.3 is 0 Å². The third-order valence-electron chi connectivity index (χ3n) is 3.54. The molecule has 2 aromatic heterocycles. The van der Waals surface area contributed by atoms with Crippen LogP contribution in [0.25, 0.3) is 0 Å². The first-order valence-electron chi connectivity index (χ1n) is 6.70. The van der Waals surface area contributed by atoms with Crippen molar-refractivity contribution in [1.82, 2.24) is 15.0 Å². The van der Waals surface area contributed by atoms with E-state index in [4.69, 9.17) is 5.26 Å². The van der Waals surface area contributed by atoms with Crippen LogP contribution in [-0.2, 0) is 0 Å². The fourth-order valence-corrected chi connectivity index (χ4v) is 2.66. The lowest BCUT2D eigenvalue weighted by Crippen LogP contribution is -2.25. The highest BCUT2D eigenvalue weighted by Gasteiger charge is 2.28. The van der Waals surface area contributed by atoms with Crippen molar-refractivity contribution in [2.45, 2.75) is 25.8 Å². The number of aromatic nitrogens is 3. The molecule has 1 fully saturated rings. The number of nitriles is 1. The standard InChI is InChI=1S/C15H15N5/c1-11-8-13(9-16)19-15(18-11)20-7-3-5-14(20)12-4-2-6-17-10-12/h2,4,6,8,10,14H,3,5,7H2,1H3. The lowest BCUT2D eigenvalue weighted by atomic mass is 10.1. The van der Waals surface area contributed by atoms with Crippen molar-refractivity contribution in [3.8, 4) is 6.07 Å². The third kappa shape index (κ3) is 2.32. The van der Waals surface area contributed by atoms with Gasteiger partial charge in [0.15, 0.2) is 0 Å². The molecule has 0 aromatic carbocycles. The van der Waals surface area contributed by atoms with E-state index < -0.39 is 0 Å². The number of nitrogens with zero attached hydrogens (tertiary/aromatic N) is 5. The molecule has 0 N–H and O–H groups in total. The summed E-state index contributed by atoms with van der Waals surface area (Å²) in [5.41, 5.74) is 2.42. The van der Waals surface area contributed by atoms with E-state index in [1.165, 1.54) is 5.56 Å². The van der Waals surface area contributed by atoms with Gasteiger partial charge < -0.3 is 4.90 Å². The maximum atomic E-state index is 9.04. The molecule has 100 valence electrons. The highest BCUT2D eigenvalue weighted by atomic mass is 15.3. The first kappa shape index (κ1) is 12.5. The molecule has 2 aromatic rings. The summed E-state index contributed by atoms with van der Waals surface area (Å²) in [6, 6.07) is 8.08. The summed E-state index contributed by atoms with van der Waals surface area (Å²) in [6.07, 6.45) is 5.83. The Labute approximate surface area is 117 Å². The molecule has 0 amide bonds. The van der Waals surface area contributed by atoms with E-state index in [1.807, 2.05) is 19.2 Å². The van der Waals surface area contributed by atoms with Crippen molar-refractivity contribution >= 4 is 5.95 Å². The molecule has 5 heteroatoms. The van der Waals surface area contributed by atoms with Crippen molar-refractivity contribution in [1.29, 1.82) is 5.26 Å². The third-order valence-corrected chi connectivity index (χ3v) is 3.54. The second-order valence-corrected chi connectivity index (χ2v) is 4.94. The normalized spacial score (nSPS) is 18.0. The van der Waals surface area contributed by atoms with E-state index in [-0.39, 0.29) is 6.04 Å². The van der Waals surface area contributed by atoms with Gasteiger partial charge in [-0.25, -0.2) is 9.97 Å². The van der Waals surface area contributed by atoms with Crippen molar-refractivity contribution < 1.29 is 0 Å². The molecule has 5 nitrogen and oxygen atoms in total. The Hall–Kier alpha value is -2.48. The van der Waals surface area contributed by atoms with Gasteiger partial charge in [-0.2, -0.15) is 5.26 Å². The molecule has 0 saturated carbocycles. The summed E-state index contributed by atoms with van der Waals surface area (Å²) in [5, 5.41) is 9.04. The SMILES string of the molecule is Cc1cc(C#N)nc(N2CCCC2c2cccnc2)n1. The van der Waals surface area contributed by atoms with Gasteiger partial charge in [-0.05, 0) is 37.5 Å². The summed E-state index contributed by atoms with van der Waals surface area (Å²) >= 11 is 0. The molecule has 1 aliphatic rings. The summed E-state index contributed by atoms with van der Waals surface area (Å²) in [6.45, 7) is 2.80. The Morgan fingerprint density at radius 3 is 3.05 bits per heavy atom. The van der Waals surface area contributed by atoms with Crippen LogP contribution in [-0.4, -0.2) is 21.5 Å². The summed E-state index contributed by atoms with van der Waals surface area (Å²) in [7, 11) is 0. The van der Waals surface area contributed by atoms with Crippen LogP contribution in [0.5, 0.6) is 0 Å². The van der Waals surface area contributed by atoms with Crippen LogP contribution < -0.4 is 4.90 Å². The minimum Gasteiger partial charge on any atom is -0.334 e. The van der Waals surface area contributed by atoms with Gasteiger partial charge in [-0.15, -0.1) is 0 Å². The van der Waals surface area contributed by atoms with Crippen LogP contribution in [0.2, 0.25) is 0 Å². The Morgan fingerprint density at radius 1 is 1.40 bits per heavy atom. The number of aryl methyl sites for hydroxylation is 1. The van der Waals surface area contributed by atoms with Crippen LogP contribution in [0.15, 0.2) is 30.6 Å². The van der Waals surface area contributed by atoms with Gasteiger partial charge in [0.05, 0.1) is 6.04 Å². The van der Waals surface area contributed by atoms with Crippen LogP contribution in [0.3, 0.4) is 0 Å². The van der Waals surface area contributed by atoms with E-state index in [1.54, 1.807) is 12.3 Å². The monoisotopic (exact) mass is 265 g/mol. The maximum absolute atomic E-state index is 9.04. The Kier molecular flexibility index (Phi) is 3.30. The zero-order chi connectivity index (χ0) is 13.9. The van der Waals surface area contributed by atoms with Crippen LogP contribution >= 0.6 is 0 Å². The number of rotatable bonds is 2.